The van der Waals surface area contributed by atoms with Crippen molar-refractivity contribution < 1.29 is 13.2 Å². The molecule has 0 unspecified atom stereocenters. The van der Waals surface area contributed by atoms with Crippen LogP contribution < -0.4 is 0 Å². The van der Waals surface area contributed by atoms with Gasteiger partial charge in [-0.15, -0.1) is 0 Å². The largest absolute Gasteiger partial charge is 0.384 e. The van der Waals surface area contributed by atoms with E-state index in [1.165, 1.54) is 13.3 Å². The van der Waals surface area contributed by atoms with E-state index in [0.29, 0.717) is 5.56 Å². The van der Waals surface area contributed by atoms with Gasteiger partial charge in [-0.1, -0.05) is 11.6 Å². The summed E-state index contributed by atoms with van der Waals surface area (Å²) in [5.74, 6) is -0.283. The fraction of sp³-hybridized carbons (Fsp3) is 0.500. The summed E-state index contributed by atoms with van der Waals surface area (Å²) >= 11 is 11.2. The van der Waals surface area contributed by atoms with Crippen molar-refractivity contribution in [3.8, 4) is 0 Å². The predicted octanol–water partition coefficient (Wildman–Crippen LogP) is 1.34. The van der Waals surface area contributed by atoms with Crippen molar-refractivity contribution in [1.82, 2.24) is 9.97 Å². The molecule has 0 bridgehead atoms. The number of nitrogens with zero attached hydrogens (tertiary/aromatic N) is 2. The number of hydrogen-bond acceptors (Lipinski definition) is 5. The number of rotatable bonds is 5. The van der Waals surface area contributed by atoms with E-state index in [-0.39, 0.29) is 28.5 Å². The molecule has 0 spiro atoms. The fourth-order valence-electron chi connectivity index (χ4n) is 0.982. The molecule has 0 fully saturated rings. The molecule has 0 saturated heterocycles. The normalized spacial score (nSPS) is 11.7. The first-order chi connectivity index (χ1) is 7.44. The highest BCUT2D eigenvalue weighted by molar-refractivity contribution is 7.90. The molecule has 90 valence electrons. The van der Waals surface area contributed by atoms with Gasteiger partial charge in [-0.3, -0.25) is 0 Å². The first-order valence-corrected chi connectivity index (χ1v) is 6.88. The number of hydrogen-bond donors (Lipinski definition) is 0. The lowest BCUT2D eigenvalue weighted by Gasteiger charge is -2.04. The molecule has 0 radical (unpaired) electrons. The Morgan fingerprint density at radius 3 is 2.69 bits per heavy atom. The fourth-order valence-corrected chi connectivity index (χ4v) is 2.68. The van der Waals surface area contributed by atoms with E-state index in [0.717, 1.165) is 0 Å². The highest BCUT2D eigenvalue weighted by Crippen LogP contribution is 2.17. The molecule has 0 atom stereocenters. The molecule has 0 aliphatic rings. The van der Waals surface area contributed by atoms with Crippen LogP contribution in [0.4, 0.5) is 0 Å². The predicted molar refractivity (Wildman–Crippen MR) is 61.4 cm³/mol. The molecule has 0 aliphatic carbocycles. The van der Waals surface area contributed by atoms with Gasteiger partial charge in [-0.05, 0) is 11.6 Å². The van der Waals surface area contributed by atoms with Crippen molar-refractivity contribution in [2.75, 3.05) is 19.5 Å². The second-order valence-corrected chi connectivity index (χ2v) is 5.92. The third-order valence-corrected chi connectivity index (χ3v) is 3.81. The third-order valence-electron chi connectivity index (χ3n) is 1.76. The zero-order chi connectivity index (χ0) is 12.2. The van der Waals surface area contributed by atoms with Gasteiger partial charge in [-0.25, -0.2) is 18.4 Å². The second kappa shape index (κ2) is 5.77. The van der Waals surface area contributed by atoms with E-state index in [2.05, 4.69) is 9.97 Å². The minimum absolute atomic E-state index is 0.0111. The van der Waals surface area contributed by atoms with Gasteiger partial charge >= 0.3 is 0 Å². The molecule has 0 aromatic carbocycles. The molecule has 0 aliphatic heterocycles. The van der Waals surface area contributed by atoms with Gasteiger partial charge < -0.3 is 4.74 Å². The molecule has 1 rings (SSSR count). The quantitative estimate of drug-likeness (QED) is 0.603. The summed E-state index contributed by atoms with van der Waals surface area (Å²) in [6.45, 7) is 0.147. The summed E-state index contributed by atoms with van der Waals surface area (Å²) in [5, 5.41) is 0.0454. The van der Waals surface area contributed by atoms with Crippen molar-refractivity contribution >= 4 is 33.0 Å². The van der Waals surface area contributed by atoms with Gasteiger partial charge in [0.05, 0.1) is 18.1 Å². The molecule has 1 aromatic heterocycles. The van der Waals surface area contributed by atoms with E-state index in [4.69, 9.17) is 27.9 Å². The Hall–Kier alpha value is -0.430. The first-order valence-electron chi connectivity index (χ1n) is 4.31. The topological polar surface area (TPSA) is 69.2 Å². The van der Waals surface area contributed by atoms with Crippen LogP contribution in [0.2, 0.25) is 10.4 Å². The molecule has 0 amide bonds. The molecule has 5 nitrogen and oxygen atoms in total. The monoisotopic (exact) mass is 284 g/mol. The van der Waals surface area contributed by atoms with Crippen LogP contribution in [-0.2, 0) is 20.3 Å². The molecular weight excluding hydrogens is 275 g/mol. The Labute approximate surface area is 104 Å². The highest BCUT2D eigenvalue weighted by atomic mass is 35.5. The summed E-state index contributed by atoms with van der Waals surface area (Å²) in [6.07, 6.45) is 1.31. The maximum Gasteiger partial charge on any atom is 0.223 e. The van der Waals surface area contributed by atoms with Crippen LogP contribution >= 0.6 is 23.2 Å². The van der Waals surface area contributed by atoms with Crippen LogP contribution in [0.1, 0.15) is 5.56 Å². The molecule has 1 aromatic rings. The maximum atomic E-state index is 11.6. The van der Waals surface area contributed by atoms with Crippen LogP contribution in [-0.4, -0.2) is 37.9 Å². The minimum Gasteiger partial charge on any atom is -0.384 e. The number of halogens is 2. The summed E-state index contributed by atoms with van der Waals surface area (Å²) < 4.78 is 27.8. The molecule has 0 N–H and O–H groups in total. The Morgan fingerprint density at radius 2 is 2.12 bits per heavy atom. The van der Waals surface area contributed by atoms with Crippen LogP contribution in [0, 0.1) is 0 Å². The molecule has 0 saturated carbocycles. The summed E-state index contributed by atoms with van der Waals surface area (Å²) in [4.78, 5) is 7.34. The second-order valence-electron chi connectivity index (χ2n) is 3.04. The van der Waals surface area contributed by atoms with Gasteiger partial charge in [0.25, 0.3) is 0 Å². The van der Waals surface area contributed by atoms with E-state index in [1.807, 2.05) is 0 Å². The summed E-state index contributed by atoms with van der Waals surface area (Å²) in [7, 11) is -1.83. The molecular formula is C8H10Cl2N2O3S. The van der Waals surface area contributed by atoms with Crippen LogP contribution in [0.25, 0.3) is 0 Å². The van der Waals surface area contributed by atoms with Crippen molar-refractivity contribution in [2.45, 2.75) is 5.75 Å². The Bertz CT molecular complexity index is 464. The standard InChI is InChI=1S/C8H10Cl2N2O3S/c1-15-2-3-16(13,14)5-6-4-11-8(10)12-7(6)9/h4H,2-3,5H2,1H3. The zero-order valence-electron chi connectivity index (χ0n) is 8.48. The summed E-state index contributed by atoms with van der Waals surface area (Å²) in [6, 6.07) is 0. The number of ether oxygens (including phenoxy) is 1. The van der Waals surface area contributed by atoms with Gasteiger partial charge in [-0.2, -0.15) is 0 Å². The average Bonchev–Trinajstić information content (AvgIpc) is 2.19. The van der Waals surface area contributed by atoms with Crippen LogP contribution in [0.3, 0.4) is 0 Å². The Balaban J connectivity index is 2.80. The molecule has 8 heteroatoms. The lowest BCUT2D eigenvalue weighted by molar-refractivity contribution is 0.217. The van der Waals surface area contributed by atoms with Gasteiger partial charge in [0, 0.05) is 18.9 Å². The molecule has 16 heavy (non-hydrogen) atoms. The number of sulfone groups is 1. The van der Waals surface area contributed by atoms with Crippen molar-refractivity contribution in [1.29, 1.82) is 0 Å². The van der Waals surface area contributed by atoms with Crippen molar-refractivity contribution in [2.24, 2.45) is 0 Å². The first kappa shape index (κ1) is 13.6. The lowest BCUT2D eigenvalue weighted by Crippen LogP contribution is -2.14. The number of aromatic nitrogens is 2. The average molecular weight is 285 g/mol. The van der Waals surface area contributed by atoms with Gasteiger partial charge in [0.1, 0.15) is 5.15 Å². The van der Waals surface area contributed by atoms with E-state index in [1.54, 1.807) is 0 Å². The van der Waals surface area contributed by atoms with Gasteiger partial charge in [0.15, 0.2) is 9.84 Å². The Kier molecular flexibility index (Phi) is 4.91. The lowest BCUT2D eigenvalue weighted by atomic mass is 10.4. The minimum atomic E-state index is -3.26. The van der Waals surface area contributed by atoms with E-state index < -0.39 is 9.84 Å². The SMILES string of the molecule is COCCS(=O)(=O)Cc1cnc(Cl)nc1Cl. The third kappa shape index (κ3) is 4.21. The smallest absolute Gasteiger partial charge is 0.223 e. The molecule has 1 heterocycles. The maximum absolute atomic E-state index is 11.6. The summed E-state index contributed by atoms with van der Waals surface area (Å²) in [5.41, 5.74) is 0.335. The highest BCUT2D eigenvalue weighted by Gasteiger charge is 2.15. The van der Waals surface area contributed by atoms with E-state index in [9.17, 15) is 8.42 Å². The Morgan fingerprint density at radius 1 is 1.44 bits per heavy atom. The van der Waals surface area contributed by atoms with Crippen molar-refractivity contribution in [3.05, 3.63) is 22.2 Å². The van der Waals surface area contributed by atoms with E-state index >= 15 is 0 Å². The van der Waals surface area contributed by atoms with Crippen molar-refractivity contribution in [3.63, 3.8) is 0 Å². The zero-order valence-corrected chi connectivity index (χ0v) is 10.8. The van der Waals surface area contributed by atoms with Crippen LogP contribution in [0.15, 0.2) is 6.20 Å². The number of methoxy groups -OCH3 is 1. The van der Waals surface area contributed by atoms with Crippen LogP contribution in [0.5, 0.6) is 0 Å². The van der Waals surface area contributed by atoms with Gasteiger partial charge in [0.2, 0.25) is 5.28 Å².